The summed E-state index contributed by atoms with van der Waals surface area (Å²) >= 11 is 0. The topological polar surface area (TPSA) is 60.7 Å². The summed E-state index contributed by atoms with van der Waals surface area (Å²) < 4.78 is 4.74. The van der Waals surface area contributed by atoms with Crippen LogP contribution in [0.15, 0.2) is 186 Å². The first-order chi connectivity index (χ1) is 24.8. The van der Waals surface area contributed by atoms with E-state index in [0.29, 0.717) is 0 Å². The lowest BCUT2D eigenvalue weighted by atomic mass is 10.1. The van der Waals surface area contributed by atoms with Gasteiger partial charge in [0, 0.05) is 43.9 Å². The van der Waals surface area contributed by atoms with Crippen LogP contribution in [0.25, 0.3) is 54.6 Å². The van der Waals surface area contributed by atoms with E-state index in [1.165, 1.54) is 32.6 Å². The van der Waals surface area contributed by atoms with E-state index in [0.717, 1.165) is 45.1 Å². The highest BCUT2D eigenvalue weighted by atomic mass is 15.2. The second kappa shape index (κ2) is 11.5. The third-order valence-corrected chi connectivity index (χ3v) is 9.75. The van der Waals surface area contributed by atoms with Crippen molar-refractivity contribution >= 4 is 55.3 Å². The minimum atomic E-state index is -0.429. The van der Waals surface area contributed by atoms with Crippen LogP contribution in [0.3, 0.4) is 0 Å². The maximum Gasteiger partial charge on any atom is 0.168 e. The zero-order chi connectivity index (χ0) is 33.0. The summed E-state index contributed by atoms with van der Waals surface area (Å²) in [7, 11) is 0. The Labute approximate surface area is 289 Å². The van der Waals surface area contributed by atoms with Crippen LogP contribution in [0, 0.1) is 0 Å². The molecule has 0 bridgehead atoms. The van der Waals surface area contributed by atoms with Crippen LogP contribution in [0.2, 0.25) is 0 Å². The highest BCUT2D eigenvalue weighted by Gasteiger charge is 2.23. The standard InChI is InChI=1S/C44H31N6/c1-4-14-29(15-5-1)42-46-43(30-16-6-2-7-17-30)48-44(47-42)31-24-25-41(45-28-31)50-38-23-13-11-21-34(38)36-26-35-33-20-10-12-22-37(33)49(39(35)27-40(36)50)32-18-8-3-9-19-32/h1-28,41,44H,(H,46,47,48)/q-1. The lowest BCUT2D eigenvalue weighted by Crippen LogP contribution is -2.38. The molecule has 2 aliphatic heterocycles. The maximum atomic E-state index is 5.18. The normalized spacial score (nSPS) is 16.3. The van der Waals surface area contributed by atoms with Crippen LogP contribution in [0.5, 0.6) is 0 Å². The molecule has 50 heavy (non-hydrogen) atoms. The Morgan fingerprint density at radius 1 is 0.520 bits per heavy atom. The van der Waals surface area contributed by atoms with E-state index in [-0.39, 0.29) is 6.17 Å². The molecule has 6 heteroatoms. The number of aromatic nitrogens is 2. The van der Waals surface area contributed by atoms with Gasteiger partial charge in [0.2, 0.25) is 0 Å². The molecule has 0 aliphatic carbocycles. The van der Waals surface area contributed by atoms with E-state index in [9.17, 15) is 0 Å². The second-order valence-electron chi connectivity index (χ2n) is 12.7. The van der Waals surface area contributed by atoms with Gasteiger partial charge < -0.3 is 19.8 Å². The fourth-order valence-electron chi connectivity index (χ4n) is 7.44. The number of aliphatic imine (C=N–C) groups is 2. The van der Waals surface area contributed by atoms with Crippen LogP contribution in [-0.2, 0) is 0 Å². The second-order valence-corrected chi connectivity index (χ2v) is 12.7. The summed E-state index contributed by atoms with van der Waals surface area (Å²) in [5.74, 6) is 1.59. The van der Waals surface area contributed by atoms with Gasteiger partial charge in [0.15, 0.2) is 6.17 Å². The number of benzene rings is 6. The molecule has 0 fully saturated rings. The van der Waals surface area contributed by atoms with E-state index in [2.05, 4.69) is 142 Å². The first-order valence-electron chi connectivity index (χ1n) is 16.9. The van der Waals surface area contributed by atoms with Gasteiger partial charge in [-0.25, -0.2) is 9.98 Å². The number of nitrogens with one attached hydrogen (secondary N) is 1. The summed E-state index contributed by atoms with van der Waals surface area (Å²) in [6, 6.07) is 53.1. The van der Waals surface area contributed by atoms with Crippen LogP contribution >= 0.6 is 0 Å². The van der Waals surface area contributed by atoms with Crippen LogP contribution < -0.4 is 5.32 Å². The van der Waals surface area contributed by atoms with Crippen molar-refractivity contribution < 1.29 is 0 Å². The van der Waals surface area contributed by atoms with E-state index < -0.39 is 6.17 Å². The highest BCUT2D eigenvalue weighted by Crippen LogP contribution is 2.41. The zero-order valence-corrected chi connectivity index (χ0v) is 27.1. The number of hydrogen-bond acceptors (Lipinski definition) is 3. The third-order valence-electron chi connectivity index (χ3n) is 9.75. The number of nitrogens with zero attached hydrogens (tertiary/aromatic N) is 5. The number of hydrogen-bond donors (Lipinski definition) is 1. The highest BCUT2D eigenvalue weighted by molar-refractivity contribution is 6.19. The molecule has 10 rings (SSSR count). The van der Waals surface area contributed by atoms with Gasteiger partial charge >= 0.3 is 0 Å². The van der Waals surface area contributed by atoms with Crippen molar-refractivity contribution in [1.29, 1.82) is 0 Å². The number of amidine groups is 2. The molecule has 0 saturated carbocycles. The average Bonchev–Trinajstić information content (AvgIpc) is 3.70. The predicted molar refractivity (Wildman–Crippen MR) is 206 cm³/mol. The summed E-state index contributed by atoms with van der Waals surface area (Å²) in [4.78, 5) is 10.1. The van der Waals surface area contributed by atoms with Crippen molar-refractivity contribution in [1.82, 2.24) is 14.5 Å². The summed E-state index contributed by atoms with van der Waals surface area (Å²) in [6.45, 7) is 0. The first-order valence-corrected chi connectivity index (χ1v) is 16.9. The Bertz CT molecular complexity index is 2640. The quantitative estimate of drug-likeness (QED) is 0.199. The van der Waals surface area contributed by atoms with Gasteiger partial charge in [-0.3, -0.25) is 0 Å². The first kappa shape index (κ1) is 28.4. The molecular formula is C44H31N6-. The molecule has 2 aromatic heterocycles. The van der Waals surface area contributed by atoms with Crippen molar-refractivity contribution in [2.45, 2.75) is 12.3 Å². The molecule has 0 spiro atoms. The molecule has 1 N–H and O–H groups in total. The monoisotopic (exact) mass is 643 g/mol. The summed E-state index contributed by atoms with van der Waals surface area (Å²) in [6.07, 6.45) is 5.62. The van der Waals surface area contributed by atoms with Crippen molar-refractivity contribution in [2.75, 3.05) is 0 Å². The molecule has 4 heterocycles. The fourth-order valence-corrected chi connectivity index (χ4v) is 7.44. The molecule has 6 aromatic carbocycles. The number of rotatable bonds is 5. The van der Waals surface area contributed by atoms with E-state index in [1.807, 2.05) is 42.6 Å². The zero-order valence-electron chi connectivity index (χ0n) is 27.1. The van der Waals surface area contributed by atoms with E-state index in [1.54, 1.807) is 0 Å². The van der Waals surface area contributed by atoms with Gasteiger partial charge in [0.1, 0.15) is 11.7 Å². The van der Waals surface area contributed by atoms with Gasteiger partial charge in [0.25, 0.3) is 0 Å². The Morgan fingerprint density at radius 3 is 1.72 bits per heavy atom. The molecule has 1 atom stereocenters. The SMILES string of the molecule is C1=CC(n2c3ccccc3c3cc4c5ccccc5n(-c5ccccc5)c4cc32)[N-]C=C1C1N=C(c2ccccc2)NC(c2ccccc2)=N1. The van der Waals surface area contributed by atoms with E-state index in [4.69, 9.17) is 15.3 Å². The van der Waals surface area contributed by atoms with Gasteiger partial charge in [-0.15, -0.1) is 0 Å². The average molecular weight is 644 g/mol. The lowest BCUT2D eigenvalue weighted by Gasteiger charge is -2.35. The molecule has 238 valence electrons. The molecule has 0 amide bonds. The largest absolute Gasteiger partial charge is 0.668 e. The van der Waals surface area contributed by atoms with Gasteiger partial charge in [-0.05, 0) is 48.1 Å². The minimum Gasteiger partial charge on any atom is -0.668 e. The van der Waals surface area contributed by atoms with Crippen molar-refractivity contribution in [3.8, 4) is 5.69 Å². The molecule has 0 saturated heterocycles. The maximum absolute atomic E-state index is 5.18. The molecular weight excluding hydrogens is 613 g/mol. The Hall–Kier alpha value is -6.66. The molecule has 6 nitrogen and oxygen atoms in total. The van der Waals surface area contributed by atoms with Gasteiger partial charge in [-0.2, -0.15) is 6.20 Å². The lowest BCUT2D eigenvalue weighted by molar-refractivity contribution is 0.735. The van der Waals surface area contributed by atoms with Crippen molar-refractivity contribution in [3.05, 3.63) is 192 Å². The van der Waals surface area contributed by atoms with Crippen molar-refractivity contribution in [3.63, 3.8) is 0 Å². The Morgan fingerprint density at radius 2 is 1.08 bits per heavy atom. The van der Waals surface area contributed by atoms with Gasteiger partial charge in [0.05, 0.1) is 16.6 Å². The molecule has 8 aromatic rings. The fraction of sp³-hybridized carbons (Fsp3) is 0.0455. The molecule has 1 unspecified atom stereocenters. The molecule has 2 aliphatic rings. The third kappa shape index (κ3) is 4.57. The predicted octanol–water partition coefficient (Wildman–Crippen LogP) is 10.0. The Kier molecular flexibility index (Phi) is 6.52. The summed E-state index contributed by atoms with van der Waals surface area (Å²) in [5, 5.41) is 13.6. The number of para-hydroxylation sites is 3. The van der Waals surface area contributed by atoms with Crippen LogP contribution in [-0.4, -0.2) is 27.0 Å². The molecule has 0 radical (unpaired) electrons. The minimum absolute atomic E-state index is 0.231. The van der Waals surface area contributed by atoms with Gasteiger partial charge in [-0.1, -0.05) is 127 Å². The Balaban J connectivity index is 1.09. The smallest absolute Gasteiger partial charge is 0.168 e. The van der Waals surface area contributed by atoms with Crippen molar-refractivity contribution in [2.24, 2.45) is 9.98 Å². The van der Waals surface area contributed by atoms with Crippen LogP contribution in [0.1, 0.15) is 17.3 Å². The van der Waals surface area contributed by atoms with Crippen LogP contribution in [0.4, 0.5) is 0 Å². The van der Waals surface area contributed by atoms with E-state index >= 15 is 0 Å². The number of fused-ring (bicyclic) bond motifs is 6. The summed E-state index contributed by atoms with van der Waals surface area (Å²) in [5.41, 5.74) is 8.77.